The van der Waals surface area contributed by atoms with Crippen molar-refractivity contribution in [3.8, 4) is 33.8 Å². The molecule has 0 bridgehead atoms. The number of likely N-dealkylation sites (tertiary alicyclic amines) is 1. The van der Waals surface area contributed by atoms with Gasteiger partial charge in [-0.15, -0.1) is 0 Å². The van der Waals surface area contributed by atoms with Crippen molar-refractivity contribution in [1.82, 2.24) is 10.2 Å². The molecule has 8 rings (SSSR count). The number of halogens is 2. The monoisotopic (exact) mass is 923 g/mol. The summed E-state index contributed by atoms with van der Waals surface area (Å²) in [4.78, 5) is 35.4. The molecule has 2 saturated carbocycles. The summed E-state index contributed by atoms with van der Waals surface area (Å²) >= 11 is 0. The van der Waals surface area contributed by atoms with E-state index >= 15 is 4.39 Å². The fraction of sp³-hybridized carbons (Fsp3) is 0.518. The summed E-state index contributed by atoms with van der Waals surface area (Å²) in [6, 6.07) is 25.5. The number of ether oxygens (including phenoxy) is 3. The van der Waals surface area contributed by atoms with Crippen LogP contribution in [0.2, 0.25) is 0 Å². The summed E-state index contributed by atoms with van der Waals surface area (Å²) < 4.78 is 46.7. The molecule has 0 amide bonds. The number of hydrogen-bond donors (Lipinski definition) is 2. The van der Waals surface area contributed by atoms with Crippen LogP contribution in [0.4, 0.5) is 8.78 Å². The number of carbonyl (C=O) groups is 3. The number of carboxylic acid groups (broad SMARTS) is 1. The maximum atomic E-state index is 15.3. The van der Waals surface area contributed by atoms with Crippen molar-refractivity contribution in [3.05, 3.63) is 108 Å². The minimum absolute atomic E-state index is 0.0419. The van der Waals surface area contributed by atoms with Crippen LogP contribution in [-0.2, 0) is 20.9 Å². The van der Waals surface area contributed by atoms with Gasteiger partial charge in [-0.2, -0.15) is 0 Å². The van der Waals surface area contributed by atoms with Crippen LogP contribution in [-0.4, -0.2) is 73.2 Å². The zero-order chi connectivity index (χ0) is 47.5. The predicted molar refractivity (Wildman–Crippen MR) is 260 cm³/mol. The Morgan fingerprint density at radius 1 is 0.687 bits per heavy atom. The molecule has 4 aromatic carbocycles. The number of nitrogens with zero attached hydrogens (tertiary/aromatic N) is 1. The minimum Gasteiger partial charge on any atom is -0.490 e. The van der Waals surface area contributed by atoms with Gasteiger partial charge in [0.25, 0.3) is 0 Å². The van der Waals surface area contributed by atoms with Gasteiger partial charge in [-0.25, -0.2) is 8.78 Å². The van der Waals surface area contributed by atoms with Crippen molar-refractivity contribution >= 4 is 18.2 Å². The molecule has 67 heavy (non-hydrogen) atoms. The van der Waals surface area contributed by atoms with Gasteiger partial charge in [0.15, 0.2) is 6.29 Å². The normalized spacial score (nSPS) is 23.0. The molecule has 2 atom stereocenters. The van der Waals surface area contributed by atoms with Gasteiger partial charge in [-0.1, -0.05) is 81.3 Å². The van der Waals surface area contributed by atoms with E-state index in [0.717, 1.165) is 99.0 Å². The molecule has 0 aromatic heterocycles. The fourth-order valence-corrected chi connectivity index (χ4v) is 9.87. The lowest BCUT2D eigenvalue weighted by Gasteiger charge is -2.30. The smallest absolute Gasteiger partial charge is 0.310 e. The average molecular weight is 923 g/mol. The average Bonchev–Trinajstić information content (AvgIpc) is 3.36. The summed E-state index contributed by atoms with van der Waals surface area (Å²) in [6.45, 7) is 10.4. The fourth-order valence-electron chi connectivity index (χ4n) is 9.87. The predicted octanol–water partition coefficient (Wildman–Crippen LogP) is 12.3. The maximum Gasteiger partial charge on any atom is 0.310 e. The first-order valence-corrected chi connectivity index (χ1v) is 25.0. The van der Waals surface area contributed by atoms with E-state index in [0.29, 0.717) is 49.1 Å². The van der Waals surface area contributed by atoms with E-state index in [2.05, 4.69) is 24.1 Å². The molecule has 0 spiro atoms. The third-order valence-electron chi connectivity index (χ3n) is 14.1. The molecule has 2 saturated heterocycles. The van der Waals surface area contributed by atoms with Crippen LogP contribution in [0.1, 0.15) is 127 Å². The molecule has 4 aliphatic rings. The zero-order valence-electron chi connectivity index (χ0n) is 39.9. The molecule has 11 heteroatoms. The zero-order valence-corrected chi connectivity index (χ0v) is 39.9. The quantitative estimate of drug-likeness (QED) is 0.0942. The van der Waals surface area contributed by atoms with Crippen molar-refractivity contribution in [2.24, 2.45) is 23.7 Å². The number of piperidine rings is 2. The highest BCUT2D eigenvalue weighted by atomic mass is 19.1. The largest absolute Gasteiger partial charge is 0.490 e. The lowest BCUT2D eigenvalue weighted by molar-refractivity contribution is -0.148. The van der Waals surface area contributed by atoms with Gasteiger partial charge in [0, 0.05) is 36.3 Å². The number of carbonyl (C=O) groups excluding carboxylic acids is 2. The van der Waals surface area contributed by atoms with Crippen LogP contribution in [0, 0.1) is 35.3 Å². The van der Waals surface area contributed by atoms with Gasteiger partial charge in [-0.05, 0) is 150 Å². The number of esters is 1. The molecular formula is C56H72F2N2O7. The van der Waals surface area contributed by atoms with Gasteiger partial charge in [-0.3, -0.25) is 19.3 Å². The van der Waals surface area contributed by atoms with Gasteiger partial charge in [0.2, 0.25) is 0 Å². The van der Waals surface area contributed by atoms with Crippen LogP contribution >= 0.6 is 0 Å². The van der Waals surface area contributed by atoms with Crippen LogP contribution in [0.25, 0.3) is 22.3 Å². The Hall–Kier alpha value is -5.13. The third kappa shape index (κ3) is 15.2. The second-order valence-corrected chi connectivity index (χ2v) is 18.7. The number of benzene rings is 4. The van der Waals surface area contributed by atoms with Crippen LogP contribution in [0.15, 0.2) is 84.9 Å². The highest BCUT2D eigenvalue weighted by molar-refractivity contribution is 5.80. The molecule has 9 nitrogen and oxygen atoms in total. The van der Waals surface area contributed by atoms with Crippen molar-refractivity contribution < 1.29 is 42.5 Å². The molecule has 2 aliphatic carbocycles. The second-order valence-electron chi connectivity index (χ2n) is 18.7. The number of hydrogen-bond acceptors (Lipinski definition) is 8. The first-order chi connectivity index (χ1) is 32.6. The molecular weight excluding hydrogens is 851 g/mol. The van der Waals surface area contributed by atoms with Crippen molar-refractivity contribution in [2.45, 2.75) is 129 Å². The molecule has 2 unspecified atom stereocenters. The second kappa shape index (κ2) is 26.4. The molecule has 2 heterocycles. The summed E-state index contributed by atoms with van der Waals surface area (Å²) in [5, 5.41) is 12.5. The number of rotatable bonds is 14. The maximum absolute atomic E-state index is 15.3. The summed E-state index contributed by atoms with van der Waals surface area (Å²) in [7, 11) is 0. The van der Waals surface area contributed by atoms with Crippen molar-refractivity contribution in [2.75, 3.05) is 32.8 Å². The summed E-state index contributed by atoms with van der Waals surface area (Å²) in [5.41, 5.74) is 3.28. The molecule has 2 aliphatic heterocycles. The van der Waals surface area contributed by atoms with Gasteiger partial charge in [0.1, 0.15) is 23.1 Å². The Morgan fingerprint density at radius 3 is 1.72 bits per heavy atom. The highest BCUT2D eigenvalue weighted by Gasteiger charge is 2.27. The van der Waals surface area contributed by atoms with Crippen LogP contribution < -0.4 is 14.8 Å². The Kier molecular flexibility index (Phi) is 20.2. The number of aliphatic carboxylic acids is 1. The van der Waals surface area contributed by atoms with E-state index in [1.165, 1.54) is 44.6 Å². The lowest BCUT2D eigenvalue weighted by atomic mass is 9.86. The van der Waals surface area contributed by atoms with Gasteiger partial charge < -0.3 is 24.6 Å². The lowest BCUT2D eigenvalue weighted by Crippen LogP contribution is -2.38. The standard InChI is InChI=1S/C27H34FNO3.C21H23FO2.C8H15NO2/c1-2-19-8-12-23(13-9-19)32-24-14-10-20(11-15-24)25-7-3-5-21(26(25)28)17-29-16-4-6-22(18-29)27(30)31;1-2-15-6-10-18(11-7-15)24-19-12-8-16(9-13-19)20-5-3-4-17(14-23)21(20)22;1-2-11-8(10)7-4-3-5-9-6-7/h3,5,7,10-11,14-15,19,22-23H,2,4,6,8-9,12-13,16-18H2,1H3,(H,30,31);3-5,8-9,12-15,18H,2,6-7,10-11H2,1H3;7,9H,2-6H2,1H3. The van der Waals surface area contributed by atoms with E-state index < -0.39 is 11.8 Å². The van der Waals surface area contributed by atoms with Crippen LogP contribution in [0.3, 0.4) is 0 Å². The topological polar surface area (TPSA) is 114 Å². The Morgan fingerprint density at radius 2 is 1.22 bits per heavy atom. The Bertz CT molecular complexity index is 2140. The van der Waals surface area contributed by atoms with E-state index in [1.54, 1.807) is 24.3 Å². The van der Waals surface area contributed by atoms with Crippen LogP contribution in [0.5, 0.6) is 11.5 Å². The molecule has 4 fully saturated rings. The van der Waals surface area contributed by atoms with E-state index in [1.807, 2.05) is 61.5 Å². The summed E-state index contributed by atoms with van der Waals surface area (Å²) in [6.07, 6.45) is 16.6. The molecule has 4 aromatic rings. The first-order valence-electron chi connectivity index (χ1n) is 25.0. The van der Waals surface area contributed by atoms with E-state index in [4.69, 9.17) is 14.2 Å². The van der Waals surface area contributed by atoms with E-state index in [-0.39, 0.29) is 41.4 Å². The molecule has 362 valence electrons. The van der Waals surface area contributed by atoms with Gasteiger partial charge >= 0.3 is 11.9 Å². The number of aldehydes is 1. The number of carboxylic acids is 1. The van der Waals surface area contributed by atoms with Crippen molar-refractivity contribution in [3.63, 3.8) is 0 Å². The Labute approximate surface area is 397 Å². The Balaban J connectivity index is 0.000000185. The third-order valence-corrected chi connectivity index (χ3v) is 14.1. The highest BCUT2D eigenvalue weighted by Crippen LogP contribution is 2.34. The number of nitrogens with one attached hydrogen (secondary N) is 1. The first kappa shape index (κ1) is 51.3. The molecule has 0 radical (unpaired) electrons. The van der Waals surface area contributed by atoms with Crippen molar-refractivity contribution in [1.29, 1.82) is 0 Å². The molecule has 2 N–H and O–H groups in total. The van der Waals surface area contributed by atoms with E-state index in [9.17, 15) is 23.9 Å². The SMILES string of the molecule is CCC1CCC(Oc2ccc(-c3cccc(C=O)c3F)cc2)CC1.CCC1CCC(Oc2ccc(-c3cccc(CN4CCCC(C(=O)O)C4)c3F)cc2)CC1.CCOC(=O)C1CCCNC1. The summed E-state index contributed by atoms with van der Waals surface area (Å²) in [5.74, 6) is 1.60. The minimum atomic E-state index is -0.760. The van der Waals surface area contributed by atoms with Gasteiger partial charge in [0.05, 0.1) is 36.2 Å².